The molecule has 0 saturated heterocycles. The third kappa shape index (κ3) is 2.85. The van der Waals surface area contributed by atoms with E-state index in [-0.39, 0.29) is 5.82 Å². The molecular weight excluding hydrogens is 291 g/mol. The Morgan fingerprint density at radius 1 is 0.905 bits per heavy atom. The number of allylic oxidation sites excluding steroid dienone is 1. The van der Waals surface area contributed by atoms with Gasteiger partial charge < -0.3 is 0 Å². The first-order valence-electron chi connectivity index (χ1n) is 6.20. The Morgan fingerprint density at radius 2 is 1.52 bits per heavy atom. The van der Waals surface area contributed by atoms with Gasteiger partial charge in [-0.3, -0.25) is 4.79 Å². The second-order valence-corrected chi connectivity index (χ2v) is 4.90. The van der Waals surface area contributed by atoms with Crippen molar-refractivity contribution < 1.29 is 9.18 Å². The van der Waals surface area contributed by atoms with Crippen molar-refractivity contribution in [2.75, 3.05) is 0 Å². The minimum absolute atomic E-state index is 0.355. The summed E-state index contributed by atoms with van der Waals surface area (Å²) in [6.45, 7) is 0. The predicted molar refractivity (Wildman–Crippen MR) is 79.5 cm³/mol. The SMILES string of the molecule is O=C1[N]N=C(c2ccc(Cl)cc2)C=C1c1ccc(F)cc1. The summed E-state index contributed by atoms with van der Waals surface area (Å²) >= 11 is 5.84. The fraction of sp³-hybridized carbons (Fsp3) is 0. The number of hydrogen-bond acceptors (Lipinski definition) is 2. The fourth-order valence-corrected chi connectivity index (χ4v) is 2.10. The van der Waals surface area contributed by atoms with Crippen LogP contribution in [0.25, 0.3) is 5.57 Å². The van der Waals surface area contributed by atoms with Gasteiger partial charge in [-0.2, -0.15) is 0 Å². The van der Waals surface area contributed by atoms with Crippen LogP contribution in [-0.4, -0.2) is 11.6 Å². The molecule has 0 spiro atoms. The van der Waals surface area contributed by atoms with Crippen molar-refractivity contribution in [1.29, 1.82) is 0 Å². The fourth-order valence-electron chi connectivity index (χ4n) is 1.98. The Morgan fingerprint density at radius 3 is 2.19 bits per heavy atom. The van der Waals surface area contributed by atoms with E-state index in [1.807, 2.05) is 0 Å². The van der Waals surface area contributed by atoms with E-state index < -0.39 is 5.91 Å². The van der Waals surface area contributed by atoms with Crippen LogP contribution in [0.2, 0.25) is 5.02 Å². The molecule has 0 aromatic heterocycles. The van der Waals surface area contributed by atoms with Crippen molar-refractivity contribution in [1.82, 2.24) is 5.43 Å². The minimum atomic E-state index is -0.445. The average molecular weight is 300 g/mol. The molecule has 0 N–H and O–H groups in total. The second-order valence-electron chi connectivity index (χ2n) is 4.46. The van der Waals surface area contributed by atoms with Crippen molar-refractivity contribution >= 4 is 28.8 Å². The lowest BCUT2D eigenvalue weighted by atomic mass is 10.00. The third-order valence-electron chi connectivity index (χ3n) is 3.06. The summed E-state index contributed by atoms with van der Waals surface area (Å²) in [6.07, 6.45) is 1.64. The maximum absolute atomic E-state index is 13.0. The topological polar surface area (TPSA) is 43.5 Å². The molecule has 1 aliphatic heterocycles. The molecule has 1 aliphatic rings. The number of benzene rings is 2. The van der Waals surface area contributed by atoms with Crippen LogP contribution in [0, 0.1) is 5.82 Å². The van der Waals surface area contributed by atoms with E-state index in [4.69, 9.17) is 11.6 Å². The number of halogens is 2. The normalized spacial score (nSPS) is 14.3. The molecule has 0 saturated carbocycles. The van der Waals surface area contributed by atoms with Gasteiger partial charge in [0.2, 0.25) is 0 Å². The molecule has 1 amide bonds. The molecule has 0 aliphatic carbocycles. The van der Waals surface area contributed by atoms with Crippen LogP contribution in [-0.2, 0) is 4.79 Å². The molecule has 0 unspecified atom stereocenters. The van der Waals surface area contributed by atoms with Gasteiger partial charge in [0, 0.05) is 10.6 Å². The molecule has 1 heterocycles. The largest absolute Gasteiger partial charge is 0.296 e. The van der Waals surface area contributed by atoms with Gasteiger partial charge in [0.1, 0.15) is 5.82 Å². The first kappa shape index (κ1) is 13.5. The van der Waals surface area contributed by atoms with Crippen molar-refractivity contribution in [2.45, 2.75) is 0 Å². The Balaban J connectivity index is 1.99. The first-order chi connectivity index (χ1) is 10.1. The third-order valence-corrected chi connectivity index (χ3v) is 3.31. The zero-order chi connectivity index (χ0) is 14.8. The molecule has 0 bridgehead atoms. The molecule has 2 aromatic carbocycles. The molecule has 3 nitrogen and oxygen atoms in total. The van der Waals surface area contributed by atoms with Crippen molar-refractivity contribution in [3.05, 3.63) is 76.6 Å². The summed E-state index contributed by atoms with van der Waals surface area (Å²) in [4.78, 5) is 11.9. The standard InChI is InChI=1S/C16H9ClFN2O/c17-12-5-1-11(2-6-12)15-9-14(16(21)20-19-15)10-3-7-13(18)8-4-10/h1-9H. The van der Waals surface area contributed by atoms with Crippen LogP contribution in [0.15, 0.2) is 59.7 Å². The number of carbonyl (C=O) groups is 1. The van der Waals surface area contributed by atoms with E-state index in [0.29, 0.717) is 21.9 Å². The van der Waals surface area contributed by atoms with E-state index in [9.17, 15) is 9.18 Å². The van der Waals surface area contributed by atoms with Gasteiger partial charge in [0.25, 0.3) is 5.91 Å². The molecule has 1 radical (unpaired) electrons. The summed E-state index contributed by atoms with van der Waals surface area (Å²) in [5.74, 6) is -0.800. The highest BCUT2D eigenvalue weighted by atomic mass is 35.5. The lowest BCUT2D eigenvalue weighted by molar-refractivity contribution is -0.115. The number of hydrogen-bond donors (Lipinski definition) is 0. The summed E-state index contributed by atoms with van der Waals surface area (Å²) in [5.41, 5.74) is 5.99. The number of carbonyl (C=O) groups excluding carboxylic acids is 1. The Bertz CT molecular complexity index is 749. The molecule has 103 valence electrons. The molecular formula is C16H9ClFN2O. The van der Waals surface area contributed by atoms with E-state index in [1.54, 1.807) is 42.5 Å². The van der Waals surface area contributed by atoms with Crippen LogP contribution in [0.5, 0.6) is 0 Å². The minimum Gasteiger partial charge on any atom is -0.265 e. The van der Waals surface area contributed by atoms with E-state index in [1.165, 1.54) is 12.1 Å². The Hall–Kier alpha value is -2.46. The first-order valence-corrected chi connectivity index (χ1v) is 6.58. The van der Waals surface area contributed by atoms with Gasteiger partial charge in [-0.25, -0.2) is 4.39 Å². The van der Waals surface area contributed by atoms with Crippen LogP contribution in [0.1, 0.15) is 11.1 Å². The number of rotatable bonds is 2. The molecule has 3 rings (SSSR count). The molecule has 0 atom stereocenters. The van der Waals surface area contributed by atoms with Crippen LogP contribution >= 0.6 is 11.6 Å². The lowest BCUT2D eigenvalue weighted by Crippen LogP contribution is -2.20. The average Bonchev–Trinajstić information content (AvgIpc) is 2.50. The molecule has 21 heavy (non-hydrogen) atoms. The van der Waals surface area contributed by atoms with E-state index in [2.05, 4.69) is 10.5 Å². The number of amides is 1. The van der Waals surface area contributed by atoms with E-state index >= 15 is 0 Å². The zero-order valence-corrected chi connectivity index (χ0v) is 11.5. The van der Waals surface area contributed by atoms with Crippen LogP contribution in [0.4, 0.5) is 4.39 Å². The van der Waals surface area contributed by atoms with Gasteiger partial charge in [-0.05, 0) is 35.9 Å². The van der Waals surface area contributed by atoms with Gasteiger partial charge in [-0.1, -0.05) is 35.9 Å². The van der Waals surface area contributed by atoms with Crippen molar-refractivity contribution in [3.8, 4) is 0 Å². The number of nitrogens with zero attached hydrogens (tertiary/aromatic N) is 2. The summed E-state index contributed by atoms with van der Waals surface area (Å²) in [7, 11) is 0. The van der Waals surface area contributed by atoms with Gasteiger partial charge in [0.15, 0.2) is 0 Å². The summed E-state index contributed by atoms with van der Waals surface area (Å²) < 4.78 is 13.0. The summed E-state index contributed by atoms with van der Waals surface area (Å²) in [6, 6.07) is 12.8. The van der Waals surface area contributed by atoms with Gasteiger partial charge >= 0.3 is 0 Å². The maximum Gasteiger partial charge on any atom is 0.296 e. The highest BCUT2D eigenvalue weighted by Gasteiger charge is 2.19. The second kappa shape index (κ2) is 5.50. The van der Waals surface area contributed by atoms with Crippen molar-refractivity contribution in [3.63, 3.8) is 0 Å². The monoisotopic (exact) mass is 299 g/mol. The quantitative estimate of drug-likeness (QED) is 0.838. The Kier molecular flexibility index (Phi) is 3.54. The van der Waals surface area contributed by atoms with Gasteiger partial charge in [-0.15, -0.1) is 10.5 Å². The highest BCUT2D eigenvalue weighted by molar-refractivity contribution is 6.31. The summed E-state index contributed by atoms with van der Waals surface area (Å²) in [5, 5.41) is 4.52. The van der Waals surface area contributed by atoms with Crippen molar-refractivity contribution in [2.24, 2.45) is 5.10 Å². The lowest BCUT2D eigenvalue weighted by Gasteiger charge is -2.11. The predicted octanol–water partition coefficient (Wildman–Crippen LogP) is 3.41. The smallest absolute Gasteiger partial charge is 0.265 e. The van der Waals surface area contributed by atoms with E-state index in [0.717, 1.165) is 5.56 Å². The maximum atomic E-state index is 13.0. The van der Waals surface area contributed by atoms with Gasteiger partial charge in [0.05, 0.1) is 11.3 Å². The molecule has 2 aromatic rings. The zero-order valence-electron chi connectivity index (χ0n) is 10.8. The van der Waals surface area contributed by atoms with Crippen LogP contribution in [0.3, 0.4) is 0 Å². The highest BCUT2D eigenvalue weighted by Crippen LogP contribution is 2.21. The molecule has 5 heteroatoms. The van der Waals surface area contributed by atoms with Crippen LogP contribution < -0.4 is 5.43 Å². The molecule has 0 fully saturated rings. The Labute approximate surface area is 125 Å².